The minimum Gasteiger partial charge on any atom is -0.493 e. The molecule has 0 fully saturated rings. The molecule has 122 valence electrons. The molecule has 6 heteroatoms. The molecule has 0 unspecified atom stereocenters. The zero-order valence-corrected chi connectivity index (χ0v) is 13.4. The van der Waals surface area contributed by atoms with E-state index in [1.165, 1.54) is 0 Å². The van der Waals surface area contributed by atoms with Crippen LogP contribution in [0.2, 0.25) is 0 Å². The number of benzene rings is 1. The Balaban J connectivity index is 1.62. The molecule has 2 aromatic rings. The molecule has 0 aliphatic carbocycles. The molecule has 3 rings (SSSR count). The van der Waals surface area contributed by atoms with E-state index in [0.717, 1.165) is 23.6 Å². The first-order valence-corrected chi connectivity index (χ1v) is 7.68. The van der Waals surface area contributed by atoms with Crippen LogP contribution >= 0.6 is 0 Å². The lowest BCUT2D eigenvalue weighted by atomic mass is 9.95. The summed E-state index contributed by atoms with van der Waals surface area (Å²) in [5.41, 5.74) is 1.02. The second-order valence-corrected chi connectivity index (χ2v) is 5.72. The molecule has 0 saturated heterocycles. The molecular weight excluding hydrogens is 294 g/mol. The fourth-order valence-corrected chi connectivity index (χ4v) is 2.82. The van der Waals surface area contributed by atoms with Crippen LogP contribution in [0.3, 0.4) is 0 Å². The Morgan fingerprint density at radius 2 is 2.39 bits per heavy atom. The maximum Gasteiger partial charge on any atom is 0.229 e. The first-order valence-electron chi connectivity index (χ1n) is 7.68. The summed E-state index contributed by atoms with van der Waals surface area (Å²) in [5, 5.41) is 0. The number of imidazole rings is 1. The Morgan fingerprint density at radius 3 is 3.13 bits per heavy atom. The number of hydrogen-bond acceptors (Lipinski definition) is 4. The second-order valence-electron chi connectivity index (χ2n) is 5.72. The lowest BCUT2D eigenvalue weighted by molar-refractivity contribution is -0.135. The topological polar surface area (TPSA) is 56.6 Å². The number of hydrogen-bond donors (Lipinski definition) is 0. The van der Waals surface area contributed by atoms with Crippen molar-refractivity contribution >= 4 is 5.91 Å². The van der Waals surface area contributed by atoms with E-state index in [0.29, 0.717) is 19.6 Å². The largest absolute Gasteiger partial charge is 0.493 e. The minimum absolute atomic E-state index is 0.110. The summed E-state index contributed by atoms with van der Waals surface area (Å²) < 4.78 is 13.1. The number of carbonyl (C=O) groups is 1. The van der Waals surface area contributed by atoms with Gasteiger partial charge in [-0.15, -0.1) is 0 Å². The van der Waals surface area contributed by atoms with Gasteiger partial charge in [0, 0.05) is 32.5 Å². The number of amides is 1. The smallest absolute Gasteiger partial charge is 0.229 e. The van der Waals surface area contributed by atoms with Crippen molar-refractivity contribution in [3.8, 4) is 11.5 Å². The molecule has 1 amide bonds. The number of likely N-dealkylation sites (N-methyl/N-ethyl adjacent to an activating group) is 1. The number of fused-ring (bicyclic) bond motifs is 1. The molecule has 2 heterocycles. The van der Waals surface area contributed by atoms with Crippen LogP contribution < -0.4 is 9.47 Å². The highest BCUT2D eigenvalue weighted by Gasteiger charge is 2.29. The van der Waals surface area contributed by atoms with Gasteiger partial charge in [-0.3, -0.25) is 4.79 Å². The van der Waals surface area contributed by atoms with Crippen LogP contribution in [0.5, 0.6) is 11.5 Å². The van der Waals surface area contributed by atoms with Crippen LogP contribution in [0.4, 0.5) is 0 Å². The maximum absolute atomic E-state index is 12.6. The van der Waals surface area contributed by atoms with E-state index in [4.69, 9.17) is 9.47 Å². The summed E-state index contributed by atoms with van der Waals surface area (Å²) in [7, 11) is 3.46. The molecule has 1 atom stereocenters. The van der Waals surface area contributed by atoms with Crippen molar-refractivity contribution in [1.82, 2.24) is 14.5 Å². The first kappa shape index (κ1) is 15.4. The maximum atomic E-state index is 12.6. The molecule has 0 N–H and O–H groups in total. The van der Waals surface area contributed by atoms with E-state index in [1.54, 1.807) is 24.5 Å². The summed E-state index contributed by atoms with van der Waals surface area (Å²) in [5.74, 6) is 1.45. The first-order chi connectivity index (χ1) is 11.2. The van der Waals surface area contributed by atoms with Crippen LogP contribution in [-0.2, 0) is 17.8 Å². The number of ether oxygens (including phenoxy) is 2. The van der Waals surface area contributed by atoms with Crippen LogP contribution in [0.25, 0.3) is 0 Å². The fraction of sp³-hybridized carbons (Fsp3) is 0.412. The van der Waals surface area contributed by atoms with Crippen LogP contribution in [-0.4, -0.2) is 47.7 Å². The third kappa shape index (κ3) is 3.31. The van der Waals surface area contributed by atoms with Gasteiger partial charge in [-0.05, 0) is 18.1 Å². The number of carbonyl (C=O) groups excluding carboxylic acids is 1. The van der Waals surface area contributed by atoms with Gasteiger partial charge in [-0.1, -0.05) is 12.1 Å². The molecule has 6 nitrogen and oxygen atoms in total. The van der Waals surface area contributed by atoms with Gasteiger partial charge in [0.1, 0.15) is 6.61 Å². The molecular formula is C17H21N3O3. The van der Waals surface area contributed by atoms with E-state index in [1.807, 2.05) is 36.0 Å². The summed E-state index contributed by atoms with van der Waals surface area (Å²) in [6, 6.07) is 5.79. The third-order valence-electron chi connectivity index (χ3n) is 4.15. The van der Waals surface area contributed by atoms with Crippen molar-refractivity contribution in [2.45, 2.75) is 13.0 Å². The highest BCUT2D eigenvalue weighted by molar-refractivity contribution is 5.79. The zero-order valence-electron chi connectivity index (χ0n) is 13.4. The van der Waals surface area contributed by atoms with Gasteiger partial charge < -0.3 is 18.9 Å². The Hall–Kier alpha value is -2.50. The van der Waals surface area contributed by atoms with Gasteiger partial charge in [0.2, 0.25) is 5.91 Å². The van der Waals surface area contributed by atoms with Crippen LogP contribution in [0.1, 0.15) is 5.56 Å². The van der Waals surface area contributed by atoms with Crippen molar-refractivity contribution < 1.29 is 14.3 Å². The zero-order chi connectivity index (χ0) is 16.2. The normalized spacial score (nSPS) is 16.3. The summed E-state index contributed by atoms with van der Waals surface area (Å²) in [6.45, 7) is 1.78. The van der Waals surface area contributed by atoms with E-state index in [2.05, 4.69) is 4.98 Å². The average molecular weight is 315 g/mol. The standard InChI is InChI=1S/C17H21N3O3/c1-19(8-9-20-7-6-18-12-20)17(21)14-10-13-4-3-5-15(22-2)16(13)23-11-14/h3-7,12,14H,8-11H2,1-2H3/t14-/m1/s1. The van der Waals surface area contributed by atoms with Gasteiger partial charge in [0.25, 0.3) is 0 Å². The number of rotatable bonds is 5. The third-order valence-corrected chi connectivity index (χ3v) is 4.15. The predicted octanol–water partition coefficient (Wildman–Crippen LogP) is 1.60. The highest BCUT2D eigenvalue weighted by Crippen LogP contribution is 2.36. The monoisotopic (exact) mass is 315 g/mol. The molecule has 23 heavy (non-hydrogen) atoms. The SMILES string of the molecule is COc1cccc2c1OC[C@H](C(=O)N(C)CCn1ccnc1)C2. The number of aromatic nitrogens is 2. The number of para-hydroxylation sites is 1. The van der Waals surface area contributed by atoms with E-state index < -0.39 is 0 Å². The average Bonchev–Trinajstić information content (AvgIpc) is 3.11. The van der Waals surface area contributed by atoms with Crippen molar-refractivity contribution in [2.24, 2.45) is 5.92 Å². The molecule has 1 aromatic heterocycles. The highest BCUT2D eigenvalue weighted by atomic mass is 16.5. The Kier molecular flexibility index (Phi) is 4.50. The Labute approximate surface area is 135 Å². The number of nitrogens with zero attached hydrogens (tertiary/aromatic N) is 3. The van der Waals surface area contributed by atoms with E-state index in [9.17, 15) is 4.79 Å². The van der Waals surface area contributed by atoms with Crippen molar-refractivity contribution in [3.63, 3.8) is 0 Å². The van der Waals surface area contributed by atoms with Crippen LogP contribution in [0, 0.1) is 5.92 Å². The lowest BCUT2D eigenvalue weighted by Crippen LogP contribution is -2.40. The van der Waals surface area contributed by atoms with Gasteiger partial charge in [0.15, 0.2) is 11.5 Å². The summed E-state index contributed by atoms with van der Waals surface area (Å²) in [4.78, 5) is 18.4. The fourth-order valence-electron chi connectivity index (χ4n) is 2.82. The van der Waals surface area contributed by atoms with Crippen molar-refractivity contribution in [3.05, 3.63) is 42.5 Å². The van der Waals surface area contributed by atoms with Gasteiger partial charge >= 0.3 is 0 Å². The van der Waals surface area contributed by atoms with Gasteiger partial charge in [-0.25, -0.2) is 4.98 Å². The minimum atomic E-state index is -0.151. The van der Waals surface area contributed by atoms with Crippen molar-refractivity contribution in [1.29, 1.82) is 0 Å². The van der Waals surface area contributed by atoms with Crippen LogP contribution in [0.15, 0.2) is 36.9 Å². The Morgan fingerprint density at radius 1 is 1.52 bits per heavy atom. The summed E-state index contributed by atoms with van der Waals surface area (Å²) in [6.07, 6.45) is 6.07. The molecule has 1 aliphatic heterocycles. The predicted molar refractivity (Wildman–Crippen MR) is 85.5 cm³/mol. The molecule has 1 aliphatic rings. The molecule has 0 saturated carbocycles. The Bertz CT molecular complexity index is 670. The summed E-state index contributed by atoms with van der Waals surface area (Å²) >= 11 is 0. The van der Waals surface area contributed by atoms with Gasteiger partial charge in [0.05, 0.1) is 19.4 Å². The molecule has 0 spiro atoms. The number of methoxy groups -OCH3 is 1. The molecule has 0 radical (unpaired) electrons. The van der Waals surface area contributed by atoms with Crippen molar-refractivity contribution in [2.75, 3.05) is 27.3 Å². The van der Waals surface area contributed by atoms with E-state index in [-0.39, 0.29) is 11.8 Å². The molecule has 1 aromatic carbocycles. The van der Waals surface area contributed by atoms with Gasteiger partial charge in [-0.2, -0.15) is 0 Å². The quantitative estimate of drug-likeness (QED) is 0.841. The van der Waals surface area contributed by atoms with E-state index >= 15 is 0 Å². The molecule has 0 bridgehead atoms. The lowest BCUT2D eigenvalue weighted by Gasteiger charge is -2.29. The second kappa shape index (κ2) is 6.73.